The molecule has 2 heterocycles. The number of nitrogens with zero attached hydrogens (tertiary/aromatic N) is 3. The molecule has 0 saturated carbocycles. The minimum atomic E-state index is -0.372. The summed E-state index contributed by atoms with van der Waals surface area (Å²) in [7, 11) is 5.15. The first-order valence-corrected chi connectivity index (χ1v) is 8.06. The van der Waals surface area contributed by atoms with Gasteiger partial charge in [-0.1, -0.05) is 0 Å². The van der Waals surface area contributed by atoms with Gasteiger partial charge in [0.05, 0.1) is 32.4 Å². The van der Waals surface area contributed by atoms with Gasteiger partial charge in [-0.05, 0) is 7.05 Å². The van der Waals surface area contributed by atoms with Crippen molar-refractivity contribution in [3.05, 3.63) is 18.2 Å². The average Bonchev–Trinajstić information content (AvgIpc) is 2.89. The molecular weight excluding hydrogens is 310 g/mol. The van der Waals surface area contributed by atoms with Gasteiger partial charge in [0.1, 0.15) is 11.5 Å². The van der Waals surface area contributed by atoms with Gasteiger partial charge in [0.2, 0.25) is 5.91 Å². The molecule has 0 aromatic heterocycles. The van der Waals surface area contributed by atoms with E-state index in [-0.39, 0.29) is 24.3 Å². The van der Waals surface area contributed by atoms with E-state index in [1.165, 1.54) is 4.90 Å². The zero-order valence-electron chi connectivity index (χ0n) is 14.3. The second kappa shape index (κ2) is 6.78. The molecule has 1 aromatic carbocycles. The van der Waals surface area contributed by atoms with Crippen LogP contribution in [0.3, 0.4) is 0 Å². The Balaban J connectivity index is 1.84. The van der Waals surface area contributed by atoms with Crippen LogP contribution < -0.4 is 14.4 Å². The Morgan fingerprint density at radius 3 is 2.08 bits per heavy atom. The van der Waals surface area contributed by atoms with Gasteiger partial charge in [0, 0.05) is 44.4 Å². The molecular formula is C17H23N3O4. The zero-order valence-corrected chi connectivity index (χ0v) is 14.3. The van der Waals surface area contributed by atoms with Crippen molar-refractivity contribution in [2.45, 2.75) is 12.5 Å². The molecule has 2 amide bonds. The Bertz CT molecular complexity index is 618. The predicted molar refractivity (Wildman–Crippen MR) is 89.5 cm³/mol. The van der Waals surface area contributed by atoms with E-state index in [2.05, 4.69) is 16.8 Å². The number of ether oxygens (including phenoxy) is 2. The van der Waals surface area contributed by atoms with Crippen LogP contribution in [0.5, 0.6) is 11.5 Å². The van der Waals surface area contributed by atoms with Crippen LogP contribution in [0.25, 0.3) is 0 Å². The molecule has 2 aliphatic heterocycles. The summed E-state index contributed by atoms with van der Waals surface area (Å²) in [5.74, 6) is 0.750. The Morgan fingerprint density at radius 1 is 0.958 bits per heavy atom. The first-order valence-electron chi connectivity index (χ1n) is 8.06. The van der Waals surface area contributed by atoms with Crippen molar-refractivity contribution in [1.29, 1.82) is 0 Å². The zero-order chi connectivity index (χ0) is 17.3. The summed E-state index contributed by atoms with van der Waals surface area (Å²) in [4.78, 5) is 30.9. The maximum atomic E-state index is 12.9. The lowest BCUT2D eigenvalue weighted by Gasteiger charge is -2.35. The van der Waals surface area contributed by atoms with Crippen LogP contribution in [0.4, 0.5) is 5.69 Å². The molecule has 2 saturated heterocycles. The standard InChI is InChI=1S/C17H23N3O4/c1-18-4-6-19(7-5-18)15-11-16(21)20(17(15)22)12-8-13(23-2)10-14(9-12)24-3/h8-10,15H,4-7,11H2,1-3H3. The predicted octanol–water partition coefficient (Wildman–Crippen LogP) is 0.583. The molecule has 0 N–H and O–H groups in total. The van der Waals surface area contributed by atoms with Gasteiger partial charge >= 0.3 is 0 Å². The monoisotopic (exact) mass is 333 g/mol. The van der Waals surface area contributed by atoms with E-state index in [1.807, 2.05) is 0 Å². The fourth-order valence-electron chi connectivity index (χ4n) is 3.23. The summed E-state index contributed by atoms with van der Waals surface area (Å²) in [6, 6.07) is 4.71. The molecule has 7 nitrogen and oxygen atoms in total. The summed E-state index contributed by atoms with van der Waals surface area (Å²) < 4.78 is 10.5. The Kier molecular flexibility index (Phi) is 4.73. The summed E-state index contributed by atoms with van der Waals surface area (Å²) in [6.07, 6.45) is 0.224. The minimum Gasteiger partial charge on any atom is -0.497 e. The number of rotatable bonds is 4. The summed E-state index contributed by atoms with van der Waals surface area (Å²) in [6.45, 7) is 3.42. The van der Waals surface area contributed by atoms with Crippen molar-refractivity contribution in [3.8, 4) is 11.5 Å². The molecule has 3 rings (SSSR count). The van der Waals surface area contributed by atoms with Crippen molar-refractivity contribution in [2.75, 3.05) is 52.3 Å². The first kappa shape index (κ1) is 16.7. The molecule has 24 heavy (non-hydrogen) atoms. The van der Waals surface area contributed by atoms with E-state index in [0.29, 0.717) is 17.2 Å². The number of hydrogen-bond donors (Lipinski definition) is 0. The normalized spacial score (nSPS) is 23.0. The molecule has 0 spiro atoms. The number of methoxy groups -OCH3 is 2. The van der Waals surface area contributed by atoms with Gasteiger partial charge in [0.15, 0.2) is 0 Å². The quantitative estimate of drug-likeness (QED) is 0.752. The number of likely N-dealkylation sites (N-methyl/N-ethyl adjacent to an activating group) is 1. The van der Waals surface area contributed by atoms with E-state index in [1.54, 1.807) is 32.4 Å². The highest BCUT2D eigenvalue weighted by Crippen LogP contribution is 2.32. The van der Waals surface area contributed by atoms with Gasteiger partial charge in [-0.3, -0.25) is 14.5 Å². The lowest BCUT2D eigenvalue weighted by atomic mass is 10.2. The third-order valence-electron chi connectivity index (χ3n) is 4.70. The van der Waals surface area contributed by atoms with Crippen LogP contribution in [0.2, 0.25) is 0 Å². The van der Waals surface area contributed by atoms with E-state index in [0.717, 1.165) is 26.2 Å². The Labute approximate surface area is 141 Å². The molecule has 1 unspecified atom stereocenters. The maximum Gasteiger partial charge on any atom is 0.251 e. The van der Waals surface area contributed by atoms with E-state index >= 15 is 0 Å². The lowest BCUT2D eigenvalue weighted by molar-refractivity contribution is -0.123. The number of carbonyl (C=O) groups excluding carboxylic acids is 2. The SMILES string of the molecule is COc1cc(OC)cc(N2C(=O)CC(N3CCN(C)CC3)C2=O)c1. The highest BCUT2D eigenvalue weighted by Gasteiger charge is 2.43. The van der Waals surface area contributed by atoms with Crippen molar-refractivity contribution < 1.29 is 19.1 Å². The number of hydrogen-bond acceptors (Lipinski definition) is 6. The molecule has 2 fully saturated rings. The van der Waals surface area contributed by atoms with Crippen LogP contribution in [0, 0.1) is 0 Å². The largest absolute Gasteiger partial charge is 0.497 e. The lowest BCUT2D eigenvalue weighted by Crippen LogP contribution is -2.51. The van der Waals surface area contributed by atoms with Gasteiger partial charge in [0.25, 0.3) is 5.91 Å². The van der Waals surface area contributed by atoms with E-state index in [9.17, 15) is 9.59 Å². The topological polar surface area (TPSA) is 62.3 Å². The molecule has 1 aromatic rings. The maximum absolute atomic E-state index is 12.9. The fraction of sp³-hybridized carbons (Fsp3) is 0.529. The third kappa shape index (κ3) is 3.09. The van der Waals surface area contributed by atoms with E-state index < -0.39 is 0 Å². The summed E-state index contributed by atoms with van der Waals surface area (Å²) in [5, 5.41) is 0. The first-order chi connectivity index (χ1) is 11.5. The van der Waals surface area contributed by atoms with Crippen LogP contribution in [-0.2, 0) is 9.59 Å². The Morgan fingerprint density at radius 2 is 1.54 bits per heavy atom. The van der Waals surface area contributed by atoms with E-state index in [4.69, 9.17) is 9.47 Å². The summed E-state index contributed by atoms with van der Waals surface area (Å²) >= 11 is 0. The number of piperazine rings is 1. The van der Waals surface area contributed by atoms with Crippen molar-refractivity contribution >= 4 is 17.5 Å². The van der Waals surface area contributed by atoms with Crippen LogP contribution in [0.15, 0.2) is 18.2 Å². The second-order valence-electron chi connectivity index (χ2n) is 6.20. The highest BCUT2D eigenvalue weighted by atomic mass is 16.5. The number of anilines is 1. The summed E-state index contributed by atoms with van der Waals surface area (Å²) in [5.41, 5.74) is 0.498. The molecule has 2 aliphatic rings. The number of amides is 2. The third-order valence-corrected chi connectivity index (χ3v) is 4.70. The molecule has 7 heteroatoms. The van der Waals surface area contributed by atoms with Crippen molar-refractivity contribution in [1.82, 2.24) is 9.80 Å². The minimum absolute atomic E-state index is 0.167. The van der Waals surface area contributed by atoms with Crippen molar-refractivity contribution in [2.24, 2.45) is 0 Å². The van der Waals surface area contributed by atoms with Gasteiger partial charge in [-0.15, -0.1) is 0 Å². The van der Waals surface area contributed by atoms with Gasteiger partial charge in [-0.2, -0.15) is 0 Å². The van der Waals surface area contributed by atoms with Crippen LogP contribution in [-0.4, -0.2) is 75.1 Å². The number of imide groups is 1. The molecule has 0 aliphatic carbocycles. The number of benzene rings is 1. The van der Waals surface area contributed by atoms with Crippen LogP contribution in [0.1, 0.15) is 6.42 Å². The smallest absolute Gasteiger partial charge is 0.251 e. The molecule has 0 bridgehead atoms. The van der Waals surface area contributed by atoms with Gasteiger partial charge in [-0.25, -0.2) is 4.90 Å². The van der Waals surface area contributed by atoms with Crippen molar-refractivity contribution in [3.63, 3.8) is 0 Å². The molecule has 0 radical (unpaired) electrons. The van der Waals surface area contributed by atoms with Crippen LogP contribution >= 0.6 is 0 Å². The Hall–Kier alpha value is -2.12. The molecule has 130 valence electrons. The fourth-order valence-corrected chi connectivity index (χ4v) is 3.23. The second-order valence-corrected chi connectivity index (χ2v) is 6.20. The van der Waals surface area contributed by atoms with Gasteiger partial charge < -0.3 is 14.4 Å². The number of carbonyl (C=O) groups is 2. The highest BCUT2D eigenvalue weighted by molar-refractivity contribution is 6.22. The molecule has 1 atom stereocenters. The average molecular weight is 333 g/mol.